The maximum Gasteiger partial charge on any atom is 0.165 e. The highest BCUT2D eigenvalue weighted by Gasteiger charge is 2.09. The number of halogens is 1. The third-order valence-corrected chi connectivity index (χ3v) is 3.04. The van der Waals surface area contributed by atoms with Crippen molar-refractivity contribution in [1.82, 2.24) is 10.3 Å². The highest BCUT2D eigenvalue weighted by Crippen LogP contribution is 2.21. The van der Waals surface area contributed by atoms with Crippen molar-refractivity contribution >= 4 is 0 Å². The van der Waals surface area contributed by atoms with Gasteiger partial charge >= 0.3 is 0 Å². The molecule has 0 aliphatic rings. The second kappa shape index (κ2) is 6.29. The minimum Gasteiger partial charge on any atom is -0.494 e. The van der Waals surface area contributed by atoms with Crippen LogP contribution in [0.5, 0.6) is 5.75 Å². The minimum atomic E-state index is -0.336. The van der Waals surface area contributed by atoms with E-state index >= 15 is 0 Å². The van der Waals surface area contributed by atoms with Crippen LogP contribution in [0.25, 0.3) is 0 Å². The number of nitrogens with one attached hydrogen (secondary N) is 1. The zero-order valence-electron chi connectivity index (χ0n) is 11.1. The van der Waals surface area contributed by atoms with E-state index in [1.54, 1.807) is 18.5 Å². The van der Waals surface area contributed by atoms with Crippen molar-refractivity contribution in [3.05, 3.63) is 59.7 Å². The van der Waals surface area contributed by atoms with Gasteiger partial charge in [-0.15, -0.1) is 0 Å². The molecule has 0 aliphatic heterocycles. The molecule has 0 fully saturated rings. The van der Waals surface area contributed by atoms with Crippen LogP contribution in [0, 0.1) is 5.82 Å². The van der Waals surface area contributed by atoms with Gasteiger partial charge in [0.25, 0.3) is 0 Å². The van der Waals surface area contributed by atoms with Gasteiger partial charge in [0.05, 0.1) is 7.11 Å². The Kier molecular flexibility index (Phi) is 4.47. The maximum absolute atomic E-state index is 13.6. The van der Waals surface area contributed by atoms with Crippen LogP contribution in [0.4, 0.5) is 4.39 Å². The Labute approximate surface area is 112 Å². The lowest BCUT2D eigenvalue weighted by atomic mass is 10.1. The maximum atomic E-state index is 13.6. The Hall–Kier alpha value is -1.94. The number of ether oxygens (including phenoxy) is 1. The molecule has 1 aromatic heterocycles. The zero-order chi connectivity index (χ0) is 13.7. The summed E-state index contributed by atoms with van der Waals surface area (Å²) in [5, 5.41) is 3.34. The number of methoxy groups -OCH3 is 1. The van der Waals surface area contributed by atoms with E-state index in [2.05, 4.69) is 10.3 Å². The van der Waals surface area contributed by atoms with Gasteiger partial charge in [0, 0.05) is 25.0 Å². The van der Waals surface area contributed by atoms with Crippen LogP contribution in [0.15, 0.2) is 42.7 Å². The smallest absolute Gasteiger partial charge is 0.165 e. The Morgan fingerprint density at radius 2 is 2.00 bits per heavy atom. The quantitative estimate of drug-likeness (QED) is 0.897. The highest BCUT2D eigenvalue weighted by molar-refractivity contribution is 5.30. The number of hydrogen-bond donors (Lipinski definition) is 1. The molecule has 1 heterocycles. The van der Waals surface area contributed by atoms with Crippen LogP contribution in [0.2, 0.25) is 0 Å². The average Bonchev–Trinajstić information content (AvgIpc) is 2.45. The summed E-state index contributed by atoms with van der Waals surface area (Å²) in [7, 11) is 1.46. The monoisotopic (exact) mass is 260 g/mol. The third kappa shape index (κ3) is 3.51. The van der Waals surface area contributed by atoms with Gasteiger partial charge in [-0.25, -0.2) is 4.39 Å². The van der Waals surface area contributed by atoms with Crippen molar-refractivity contribution in [3.63, 3.8) is 0 Å². The van der Waals surface area contributed by atoms with Gasteiger partial charge in [-0.1, -0.05) is 6.07 Å². The molecular formula is C15H17FN2O. The first-order valence-electron chi connectivity index (χ1n) is 6.16. The van der Waals surface area contributed by atoms with E-state index in [0.29, 0.717) is 0 Å². The van der Waals surface area contributed by atoms with Crippen LogP contribution in [-0.2, 0) is 6.54 Å². The summed E-state index contributed by atoms with van der Waals surface area (Å²) in [5.74, 6) is -0.0670. The van der Waals surface area contributed by atoms with E-state index in [0.717, 1.165) is 17.7 Å². The number of rotatable bonds is 5. The molecule has 19 heavy (non-hydrogen) atoms. The molecule has 0 radical (unpaired) electrons. The molecular weight excluding hydrogens is 243 g/mol. The second-order valence-corrected chi connectivity index (χ2v) is 4.35. The largest absolute Gasteiger partial charge is 0.494 e. The normalized spacial score (nSPS) is 12.2. The molecule has 0 saturated heterocycles. The first-order chi connectivity index (χ1) is 9.20. The SMILES string of the molecule is COc1ccc(C(C)NCc2ccncc2)cc1F. The summed E-state index contributed by atoms with van der Waals surface area (Å²) >= 11 is 0. The highest BCUT2D eigenvalue weighted by atomic mass is 19.1. The Morgan fingerprint density at radius 3 is 2.63 bits per heavy atom. The lowest BCUT2D eigenvalue weighted by Gasteiger charge is -2.15. The fourth-order valence-corrected chi connectivity index (χ4v) is 1.84. The van der Waals surface area contributed by atoms with E-state index < -0.39 is 0 Å². The molecule has 0 bridgehead atoms. The number of nitrogens with zero attached hydrogens (tertiary/aromatic N) is 1. The van der Waals surface area contributed by atoms with Crippen molar-refractivity contribution in [1.29, 1.82) is 0 Å². The zero-order valence-corrected chi connectivity index (χ0v) is 11.1. The lowest BCUT2D eigenvalue weighted by Crippen LogP contribution is -2.18. The topological polar surface area (TPSA) is 34.1 Å². The van der Waals surface area contributed by atoms with Crippen LogP contribution >= 0.6 is 0 Å². The molecule has 0 spiro atoms. The number of aromatic nitrogens is 1. The summed E-state index contributed by atoms with van der Waals surface area (Å²) < 4.78 is 18.5. The van der Waals surface area contributed by atoms with Gasteiger partial charge < -0.3 is 10.1 Å². The molecule has 1 N–H and O–H groups in total. The fourth-order valence-electron chi connectivity index (χ4n) is 1.84. The third-order valence-electron chi connectivity index (χ3n) is 3.04. The summed E-state index contributed by atoms with van der Waals surface area (Å²) in [6.45, 7) is 2.72. The number of pyridine rings is 1. The summed E-state index contributed by atoms with van der Waals surface area (Å²) in [6.07, 6.45) is 3.52. The molecule has 0 aliphatic carbocycles. The van der Waals surface area contributed by atoms with E-state index in [-0.39, 0.29) is 17.6 Å². The van der Waals surface area contributed by atoms with E-state index in [1.165, 1.54) is 13.2 Å². The Balaban J connectivity index is 2.00. The average molecular weight is 260 g/mol. The minimum absolute atomic E-state index is 0.0635. The fraction of sp³-hybridized carbons (Fsp3) is 0.267. The number of hydrogen-bond acceptors (Lipinski definition) is 3. The summed E-state index contributed by atoms with van der Waals surface area (Å²) in [4.78, 5) is 3.97. The van der Waals surface area contributed by atoms with Crippen molar-refractivity contribution in [2.75, 3.05) is 7.11 Å². The predicted octanol–water partition coefficient (Wildman–Crippen LogP) is 3.08. The standard InChI is InChI=1S/C15H17FN2O/c1-11(18-10-12-5-7-17-8-6-12)13-3-4-15(19-2)14(16)9-13/h3-9,11,18H,10H2,1-2H3. The van der Waals surface area contributed by atoms with Gasteiger partial charge in [-0.3, -0.25) is 4.98 Å². The molecule has 100 valence electrons. The van der Waals surface area contributed by atoms with Gasteiger partial charge in [0.15, 0.2) is 11.6 Å². The molecule has 1 unspecified atom stereocenters. The summed E-state index contributed by atoms with van der Waals surface area (Å²) in [5.41, 5.74) is 2.04. The van der Waals surface area contributed by atoms with Crippen molar-refractivity contribution in [2.24, 2.45) is 0 Å². The van der Waals surface area contributed by atoms with Crippen molar-refractivity contribution in [3.8, 4) is 5.75 Å². The Morgan fingerprint density at radius 1 is 1.26 bits per heavy atom. The summed E-state index contributed by atoms with van der Waals surface area (Å²) in [6, 6.07) is 8.99. The van der Waals surface area contributed by atoms with E-state index in [1.807, 2.05) is 25.1 Å². The van der Waals surface area contributed by atoms with E-state index in [9.17, 15) is 4.39 Å². The molecule has 4 heteroatoms. The molecule has 1 atom stereocenters. The van der Waals surface area contributed by atoms with Crippen molar-refractivity contribution < 1.29 is 9.13 Å². The predicted molar refractivity (Wildman–Crippen MR) is 72.4 cm³/mol. The van der Waals surface area contributed by atoms with Gasteiger partial charge in [-0.2, -0.15) is 0 Å². The van der Waals surface area contributed by atoms with Crippen LogP contribution in [0.3, 0.4) is 0 Å². The van der Waals surface area contributed by atoms with Crippen LogP contribution in [-0.4, -0.2) is 12.1 Å². The van der Waals surface area contributed by atoms with Gasteiger partial charge in [0.1, 0.15) is 0 Å². The molecule has 2 aromatic rings. The van der Waals surface area contributed by atoms with Crippen LogP contribution in [0.1, 0.15) is 24.1 Å². The van der Waals surface area contributed by atoms with Crippen molar-refractivity contribution in [2.45, 2.75) is 19.5 Å². The van der Waals surface area contributed by atoms with Gasteiger partial charge in [-0.05, 0) is 42.3 Å². The second-order valence-electron chi connectivity index (χ2n) is 4.35. The van der Waals surface area contributed by atoms with E-state index in [4.69, 9.17) is 4.74 Å². The first kappa shape index (κ1) is 13.5. The molecule has 0 saturated carbocycles. The molecule has 2 rings (SSSR count). The number of benzene rings is 1. The molecule has 3 nitrogen and oxygen atoms in total. The lowest BCUT2D eigenvalue weighted by molar-refractivity contribution is 0.385. The van der Waals surface area contributed by atoms with Crippen LogP contribution < -0.4 is 10.1 Å². The molecule has 1 aromatic carbocycles. The van der Waals surface area contributed by atoms with Gasteiger partial charge in [0.2, 0.25) is 0 Å². The Bertz CT molecular complexity index is 531. The first-order valence-corrected chi connectivity index (χ1v) is 6.16. The molecule has 0 amide bonds.